The van der Waals surface area contributed by atoms with E-state index in [0.29, 0.717) is 5.92 Å². The first-order valence-corrected chi connectivity index (χ1v) is 7.71. The maximum absolute atomic E-state index is 6.30. The van der Waals surface area contributed by atoms with Crippen molar-refractivity contribution < 1.29 is 0 Å². The van der Waals surface area contributed by atoms with Crippen molar-refractivity contribution in [1.82, 2.24) is 9.78 Å². The zero-order chi connectivity index (χ0) is 12.4. The third-order valence-electron chi connectivity index (χ3n) is 3.45. The maximum atomic E-state index is 6.30. The van der Waals surface area contributed by atoms with Crippen LogP contribution in [0.2, 0.25) is 5.02 Å². The SMILES string of the molecule is CCn1nc(C)c(Cl)c1CC(N)C1CCSC1. The normalized spacial score (nSPS) is 22.0. The molecule has 2 rings (SSSR count). The summed E-state index contributed by atoms with van der Waals surface area (Å²) in [7, 11) is 0. The molecule has 5 heteroatoms. The number of hydrogen-bond acceptors (Lipinski definition) is 3. The molecule has 96 valence electrons. The van der Waals surface area contributed by atoms with Gasteiger partial charge >= 0.3 is 0 Å². The van der Waals surface area contributed by atoms with Crippen molar-refractivity contribution in [2.45, 2.75) is 39.3 Å². The summed E-state index contributed by atoms with van der Waals surface area (Å²) in [6.45, 7) is 4.90. The summed E-state index contributed by atoms with van der Waals surface area (Å²) in [6, 6.07) is 0.212. The van der Waals surface area contributed by atoms with Crippen LogP contribution in [0.5, 0.6) is 0 Å². The van der Waals surface area contributed by atoms with E-state index in [4.69, 9.17) is 17.3 Å². The summed E-state index contributed by atoms with van der Waals surface area (Å²) < 4.78 is 1.99. The number of nitrogens with two attached hydrogens (primary N) is 1. The molecule has 2 N–H and O–H groups in total. The van der Waals surface area contributed by atoms with E-state index in [0.717, 1.165) is 29.4 Å². The lowest BCUT2D eigenvalue weighted by atomic mass is 9.96. The van der Waals surface area contributed by atoms with E-state index in [1.807, 2.05) is 23.4 Å². The van der Waals surface area contributed by atoms with Crippen LogP contribution in [0.3, 0.4) is 0 Å². The van der Waals surface area contributed by atoms with Crippen molar-refractivity contribution in [3.05, 3.63) is 16.4 Å². The highest BCUT2D eigenvalue weighted by Crippen LogP contribution is 2.29. The topological polar surface area (TPSA) is 43.8 Å². The molecule has 0 amide bonds. The first-order valence-electron chi connectivity index (χ1n) is 6.18. The Kier molecular flexibility index (Phi) is 4.39. The van der Waals surface area contributed by atoms with Crippen LogP contribution in [0.1, 0.15) is 24.7 Å². The zero-order valence-corrected chi connectivity index (χ0v) is 12.0. The van der Waals surface area contributed by atoms with Crippen molar-refractivity contribution in [2.24, 2.45) is 11.7 Å². The highest BCUT2D eigenvalue weighted by atomic mass is 35.5. The molecule has 2 unspecified atom stereocenters. The van der Waals surface area contributed by atoms with Crippen LogP contribution < -0.4 is 5.73 Å². The largest absolute Gasteiger partial charge is 0.327 e. The van der Waals surface area contributed by atoms with E-state index >= 15 is 0 Å². The molecule has 3 nitrogen and oxygen atoms in total. The minimum absolute atomic E-state index is 0.212. The number of aryl methyl sites for hydroxylation is 2. The Labute approximate surface area is 112 Å². The smallest absolute Gasteiger partial charge is 0.0847 e. The van der Waals surface area contributed by atoms with Crippen LogP contribution >= 0.6 is 23.4 Å². The van der Waals surface area contributed by atoms with Crippen molar-refractivity contribution in [3.8, 4) is 0 Å². The predicted molar refractivity (Wildman–Crippen MR) is 74.8 cm³/mol. The van der Waals surface area contributed by atoms with Gasteiger partial charge in [-0.1, -0.05) is 11.6 Å². The molecule has 0 radical (unpaired) electrons. The third kappa shape index (κ3) is 2.80. The summed E-state index contributed by atoms with van der Waals surface area (Å²) in [5.74, 6) is 3.08. The Morgan fingerprint density at radius 3 is 3.00 bits per heavy atom. The molecule has 0 spiro atoms. The second-order valence-electron chi connectivity index (χ2n) is 4.65. The van der Waals surface area contributed by atoms with E-state index < -0.39 is 0 Å². The predicted octanol–water partition coefficient (Wildman–Crippen LogP) is 2.49. The van der Waals surface area contributed by atoms with Crippen LogP contribution in [-0.4, -0.2) is 27.3 Å². The number of aromatic nitrogens is 2. The highest BCUT2D eigenvalue weighted by Gasteiger charge is 2.25. The van der Waals surface area contributed by atoms with E-state index in [9.17, 15) is 0 Å². The van der Waals surface area contributed by atoms with Gasteiger partial charge in [-0.25, -0.2) is 0 Å². The number of rotatable bonds is 4. The Bertz CT molecular complexity index is 385. The molecule has 1 aromatic heterocycles. The Morgan fingerprint density at radius 1 is 1.65 bits per heavy atom. The third-order valence-corrected chi connectivity index (χ3v) is 5.13. The van der Waals surface area contributed by atoms with E-state index in [-0.39, 0.29) is 6.04 Å². The molecule has 1 aliphatic heterocycles. The van der Waals surface area contributed by atoms with Gasteiger partial charge in [0, 0.05) is 19.0 Å². The molecule has 1 saturated heterocycles. The quantitative estimate of drug-likeness (QED) is 0.917. The van der Waals surface area contributed by atoms with Crippen LogP contribution in [0.4, 0.5) is 0 Å². The fraction of sp³-hybridized carbons (Fsp3) is 0.750. The molecule has 0 aliphatic carbocycles. The van der Waals surface area contributed by atoms with Crippen molar-refractivity contribution in [1.29, 1.82) is 0 Å². The number of nitrogens with zero attached hydrogens (tertiary/aromatic N) is 2. The van der Waals surface area contributed by atoms with Gasteiger partial charge < -0.3 is 5.73 Å². The van der Waals surface area contributed by atoms with Crippen LogP contribution in [0, 0.1) is 12.8 Å². The number of hydrogen-bond donors (Lipinski definition) is 1. The van der Waals surface area contributed by atoms with Crippen molar-refractivity contribution in [2.75, 3.05) is 11.5 Å². The van der Waals surface area contributed by atoms with Crippen molar-refractivity contribution >= 4 is 23.4 Å². The zero-order valence-electron chi connectivity index (χ0n) is 10.4. The molecule has 0 aromatic carbocycles. The van der Waals surface area contributed by atoms with Crippen LogP contribution in [0.15, 0.2) is 0 Å². The van der Waals surface area contributed by atoms with Gasteiger partial charge in [-0.3, -0.25) is 4.68 Å². The van der Waals surface area contributed by atoms with Gasteiger partial charge in [0.2, 0.25) is 0 Å². The van der Waals surface area contributed by atoms with Gasteiger partial charge in [0.15, 0.2) is 0 Å². The highest BCUT2D eigenvalue weighted by molar-refractivity contribution is 7.99. The van der Waals surface area contributed by atoms with Gasteiger partial charge in [0.25, 0.3) is 0 Å². The standard InChI is InChI=1S/C12H20ClN3S/c1-3-16-11(12(13)8(2)15-16)6-10(14)9-4-5-17-7-9/h9-10H,3-7,14H2,1-2H3. The van der Waals surface area contributed by atoms with Gasteiger partial charge in [0.05, 0.1) is 16.4 Å². The number of thioether (sulfide) groups is 1. The second kappa shape index (κ2) is 5.63. The van der Waals surface area contributed by atoms with Crippen LogP contribution in [-0.2, 0) is 13.0 Å². The summed E-state index contributed by atoms with van der Waals surface area (Å²) in [5, 5.41) is 5.23. The Morgan fingerprint density at radius 2 is 2.41 bits per heavy atom. The fourth-order valence-electron chi connectivity index (χ4n) is 2.34. The molecule has 0 bridgehead atoms. The molecular formula is C12H20ClN3S. The van der Waals surface area contributed by atoms with Gasteiger partial charge in [-0.2, -0.15) is 16.9 Å². The lowest BCUT2D eigenvalue weighted by Crippen LogP contribution is -2.33. The lowest BCUT2D eigenvalue weighted by molar-refractivity contribution is 0.448. The average molecular weight is 274 g/mol. The van der Waals surface area contributed by atoms with E-state index in [1.54, 1.807) is 0 Å². The van der Waals surface area contributed by atoms with Crippen LogP contribution in [0.25, 0.3) is 0 Å². The summed E-state index contributed by atoms with van der Waals surface area (Å²) in [6.07, 6.45) is 2.08. The lowest BCUT2D eigenvalue weighted by Gasteiger charge is -2.18. The monoisotopic (exact) mass is 273 g/mol. The minimum atomic E-state index is 0.212. The number of halogens is 1. The molecule has 1 aromatic rings. The molecule has 17 heavy (non-hydrogen) atoms. The van der Waals surface area contributed by atoms with Gasteiger partial charge in [-0.05, 0) is 37.7 Å². The summed E-state index contributed by atoms with van der Waals surface area (Å²) in [5.41, 5.74) is 8.32. The summed E-state index contributed by atoms with van der Waals surface area (Å²) in [4.78, 5) is 0. The Hall–Kier alpha value is -0.190. The molecule has 0 saturated carbocycles. The first kappa shape index (κ1) is 13.2. The van der Waals surface area contributed by atoms with Gasteiger partial charge in [0.1, 0.15) is 0 Å². The van der Waals surface area contributed by atoms with E-state index in [1.165, 1.54) is 17.9 Å². The van der Waals surface area contributed by atoms with Crippen molar-refractivity contribution in [3.63, 3.8) is 0 Å². The molecule has 2 heterocycles. The first-order chi connectivity index (χ1) is 8.13. The summed E-state index contributed by atoms with van der Waals surface area (Å²) >= 11 is 8.30. The maximum Gasteiger partial charge on any atom is 0.0847 e. The average Bonchev–Trinajstić information content (AvgIpc) is 2.92. The second-order valence-corrected chi connectivity index (χ2v) is 6.18. The molecular weight excluding hydrogens is 254 g/mol. The Balaban J connectivity index is 2.11. The fourth-order valence-corrected chi connectivity index (χ4v) is 3.91. The van der Waals surface area contributed by atoms with Gasteiger partial charge in [-0.15, -0.1) is 0 Å². The minimum Gasteiger partial charge on any atom is -0.327 e. The van der Waals surface area contributed by atoms with E-state index in [2.05, 4.69) is 12.0 Å². The molecule has 2 atom stereocenters. The molecule has 1 aliphatic rings. The molecule has 1 fully saturated rings.